The zero-order chi connectivity index (χ0) is 20.5. The zero-order valence-electron chi connectivity index (χ0n) is 17.2. The van der Waals surface area contributed by atoms with Crippen LogP contribution in [-0.2, 0) is 16.1 Å². The van der Waals surface area contributed by atoms with Crippen molar-refractivity contribution >= 4 is 12.0 Å². The molecule has 0 radical (unpaired) electrons. The monoisotopic (exact) mass is 394 g/mol. The molecule has 0 bridgehead atoms. The van der Waals surface area contributed by atoms with E-state index < -0.39 is 0 Å². The maximum atomic E-state index is 12.4. The molecule has 0 spiro atoms. The Morgan fingerprint density at radius 3 is 2.54 bits per heavy atom. The summed E-state index contributed by atoms with van der Waals surface area (Å²) in [5.41, 5.74) is 1.02. The number of likely N-dealkylation sites (tertiary alicyclic amines) is 1. The number of benzene rings is 1. The fraction of sp³-hybridized carbons (Fsp3) is 0.600. The van der Waals surface area contributed by atoms with E-state index in [-0.39, 0.29) is 18.0 Å². The van der Waals surface area contributed by atoms with Gasteiger partial charge in [0.05, 0.1) is 27.9 Å². The highest BCUT2D eigenvalue weighted by atomic mass is 16.6. The Morgan fingerprint density at radius 1 is 1.21 bits per heavy atom. The predicted octanol–water partition coefficient (Wildman–Crippen LogP) is 0.456. The molecule has 0 aromatic heterocycles. The number of hydrogen-bond acceptors (Lipinski definition) is 5. The second-order valence-electron chi connectivity index (χ2n) is 7.02. The van der Waals surface area contributed by atoms with Crippen molar-refractivity contribution in [2.75, 3.05) is 47.5 Å². The van der Waals surface area contributed by atoms with E-state index in [1.807, 2.05) is 25.2 Å². The number of likely N-dealkylation sites (N-methyl/N-ethyl adjacent to an activating group) is 1. The van der Waals surface area contributed by atoms with Crippen LogP contribution >= 0.6 is 0 Å². The lowest BCUT2D eigenvalue weighted by molar-refractivity contribution is -0.885. The lowest BCUT2D eigenvalue weighted by Gasteiger charge is -2.31. The first kappa shape index (κ1) is 21.8. The van der Waals surface area contributed by atoms with Crippen LogP contribution < -0.4 is 19.7 Å². The molecule has 1 aliphatic heterocycles. The molecule has 2 rings (SSSR count). The van der Waals surface area contributed by atoms with Gasteiger partial charge in [0.15, 0.2) is 6.54 Å². The Labute approximate surface area is 166 Å². The third-order valence-electron chi connectivity index (χ3n) is 4.83. The molecule has 8 heteroatoms. The Kier molecular flexibility index (Phi) is 8.38. The molecule has 1 aliphatic rings. The molecule has 0 saturated carbocycles. The largest absolute Gasteiger partial charge is 0.497 e. The van der Waals surface area contributed by atoms with Crippen LogP contribution in [0.2, 0.25) is 0 Å². The van der Waals surface area contributed by atoms with E-state index in [2.05, 4.69) is 5.32 Å². The van der Waals surface area contributed by atoms with Crippen molar-refractivity contribution in [1.29, 1.82) is 0 Å². The summed E-state index contributed by atoms with van der Waals surface area (Å²) in [6, 6.07) is 5.80. The molecule has 2 amide bonds. The second-order valence-corrected chi connectivity index (χ2v) is 7.02. The van der Waals surface area contributed by atoms with Gasteiger partial charge in [-0.15, -0.1) is 0 Å². The first-order chi connectivity index (χ1) is 13.5. The smallest absolute Gasteiger partial charge is 0.409 e. The van der Waals surface area contributed by atoms with Crippen molar-refractivity contribution in [3.63, 3.8) is 0 Å². The van der Waals surface area contributed by atoms with E-state index in [1.54, 1.807) is 26.0 Å². The van der Waals surface area contributed by atoms with Gasteiger partial charge in [0.2, 0.25) is 0 Å². The van der Waals surface area contributed by atoms with Crippen LogP contribution in [0, 0.1) is 0 Å². The molecule has 1 saturated heterocycles. The number of piperidine rings is 1. The molecule has 1 heterocycles. The van der Waals surface area contributed by atoms with Gasteiger partial charge in [0.1, 0.15) is 18.0 Å². The number of ether oxygens (including phenoxy) is 3. The first-order valence-corrected chi connectivity index (χ1v) is 9.70. The predicted molar refractivity (Wildman–Crippen MR) is 105 cm³/mol. The lowest BCUT2D eigenvalue weighted by Crippen LogP contribution is -3.09. The van der Waals surface area contributed by atoms with Gasteiger partial charge in [0.25, 0.3) is 5.91 Å². The average Bonchev–Trinajstić information content (AvgIpc) is 2.68. The maximum Gasteiger partial charge on any atom is 0.409 e. The Bertz CT molecular complexity index is 659. The van der Waals surface area contributed by atoms with Crippen LogP contribution in [0.5, 0.6) is 11.5 Å². The number of quaternary nitrogens is 1. The van der Waals surface area contributed by atoms with Crippen LogP contribution in [0.4, 0.5) is 4.79 Å². The summed E-state index contributed by atoms with van der Waals surface area (Å²) in [5, 5.41) is 3.08. The van der Waals surface area contributed by atoms with Crippen LogP contribution in [0.3, 0.4) is 0 Å². The summed E-state index contributed by atoms with van der Waals surface area (Å²) in [4.78, 5) is 26.9. The number of carbonyl (C=O) groups is 2. The molecule has 1 fully saturated rings. The van der Waals surface area contributed by atoms with Gasteiger partial charge in [-0.25, -0.2) is 4.79 Å². The highest BCUT2D eigenvalue weighted by Gasteiger charge is 2.25. The number of hydrogen-bond donors (Lipinski definition) is 2. The van der Waals surface area contributed by atoms with Gasteiger partial charge in [0, 0.05) is 30.8 Å². The summed E-state index contributed by atoms with van der Waals surface area (Å²) in [6.07, 6.45) is 1.22. The van der Waals surface area contributed by atoms with E-state index in [4.69, 9.17) is 14.2 Å². The normalized spacial score (nSPS) is 15.6. The summed E-state index contributed by atoms with van der Waals surface area (Å²) >= 11 is 0. The molecule has 156 valence electrons. The van der Waals surface area contributed by atoms with Crippen molar-refractivity contribution in [1.82, 2.24) is 10.2 Å². The molecule has 2 N–H and O–H groups in total. The van der Waals surface area contributed by atoms with E-state index in [9.17, 15) is 9.59 Å². The van der Waals surface area contributed by atoms with E-state index in [1.165, 1.54) is 0 Å². The topological polar surface area (TPSA) is 81.5 Å². The summed E-state index contributed by atoms with van der Waals surface area (Å²) in [6.45, 7) is 4.43. The number of amides is 2. The molecule has 1 aromatic carbocycles. The van der Waals surface area contributed by atoms with E-state index in [0.29, 0.717) is 32.8 Å². The number of rotatable bonds is 8. The number of methoxy groups -OCH3 is 2. The van der Waals surface area contributed by atoms with Crippen molar-refractivity contribution in [2.45, 2.75) is 32.4 Å². The second kappa shape index (κ2) is 10.8. The van der Waals surface area contributed by atoms with Gasteiger partial charge < -0.3 is 29.3 Å². The number of nitrogens with one attached hydrogen (secondary N) is 2. The summed E-state index contributed by atoms with van der Waals surface area (Å²) < 4.78 is 15.7. The SMILES string of the molecule is CCOC(=O)N1CCC(NC(=O)C[NH+](C)Cc2ccc(OC)cc2OC)CC1. The minimum atomic E-state index is -0.273. The summed E-state index contributed by atoms with van der Waals surface area (Å²) in [7, 11) is 5.23. The molecule has 1 aromatic rings. The van der Waals surface area contributed by atoms with Crippen LogP contribution in [-0.4, -0.2) is 70.5 Å². The standard InChI is InChI=1S/C20H31N3O5/c1-5-28-20(25)23-10-8-16(9-11-23)21-19(24)14-22(2)13-15-6-7-17(26-3)12-18(15)27-4/h6-7,12,16H,5,8-11,13-14H2,1-4H3,(H,21,24)/p+1. The minimum Gasteiger partial charge on any atom is -0.497 e. The Morgan fingerprint density at radius 2 is 1.93 bits per heavy atom. The quantitative estimate of drug-likeness (QED) is 0.669. The number of nitrogens with zero attached hydrogens (tertiary/aromatic N) is 1. The van der Waals surface area contributed by atoms with Crippen molar-refractivity contribution < 1.29 is 28.7 Å². The van der Waals surface area contributed by atoms with E-state index in [0.717, 1.165) is 34.8 Å². The first-order valence-electron chi connectivity index (χ1n) is 9.70. The fourth-order valence-electron chi connectivity index (χ4n) is 3.36. The minimum absolute atomic E-state index is 0.0135. The maximum absolute atomic E-state index is 12.4. The average molecular weight is 394 g/mol. The fourth-order valence-corrected chi connectivity index (χ4v) is 3.36. The highest BCUT2D eigenvalue weighted by Crippen LogP contribution is 2.23. The molecular weight excluding hydrogens is 362 g/mol. The third-order valence-corrected chi connectivity index (χ3v) is 4.83. The molecule has 1 atom stereocenters. The van der Waals surface area contributed by atoms with Crippen LogP contribution in [0.15, 0.2) is 18.2 Å². The highest BCUT2D eigenvalue weighted by molar-refractivity contribution is 5.77. The van der Waals surface area contributed by atoms with Crippen molar-refractivity contribution in [2.24, 2.45) is 0 Å². The van der Waals surface area contributed by atoms with Crippen LogP contribution in [0.1, 0.15) is 25.3 Å². The van der Waals surface area contributed by atoms with E-state index >= 15 is 0 Å². The third kappa shape index (κ3) is 6.30. The van der Waals surface area contributed by atoms with Gasteiger partial charge in [-0.1, -0.05) is 0 Å². The van der Waals surface area contributed by atoms with Crippen molar-refractivity contribution in [3.05, 3.63) is 23.8 Å². The van der Waals surface area contributed by atoms with Gasteiger partial charge in [-0.05, 0) is 31.9 Å². The zero-order valence-corrected chi connectivity index (χ0v) is 17.2. The van der Waals surface area contributed by atoms with Gasteiger partial charge in [-0.3, -0.25) is 4.79 Å². The van der Waals surface area contributed by atoms with Gasteiger partial charge >= 0.3 is 6.09 Å². The Hall–Kier alpha value is -2.48. The molecule has 0 aliphatic carbocycles. The van der Waals surface area contributed by atoms with Crippen molar-refractivity contribution in [3.8, 4) is 11.5 Å². The molecule has 28 heavy (non-hydrogen) atoms. The van der Waals surface area contributed by atoms with Gasteiger partial charge in [-0.2, -0.15) is 0 Å². The summed E-state index contributed by atoms with van der Waals surface area (Å²) in [5.74, 6) is 1.51. The molecule has 1 unspecified atom stereocenters. The number of carbonyl (C=O) groups excluding carboxylic acids is 2. The lowest BCUT2D eigenvalue weighted by atomic mass is 10.1. The molecule has 8 nitrogen and oxygen atoms in total. The molecular formula is C20H32N3O5+. The Balaban J connectivity index is 1.78. The van der Waals surface area contributed by atoms with Crippen LogP contribution in [0.25, 0.3) is 0 Å².